The van der Waals surface area contributed by atoms with Gasteiger partial charge in [0, 0.05) is 10.7 Å². The molecule has 40 valence electrons. The van der Waals surface area contributed by atoms with Crippen LogP contribution in [0.5, 0.6) is 0 Å². The maximum Gasteiger partial charge on any atom is 0.229 e. The molecule has 0 aliphatic heterocycles. The number of rotatable bonds is 0. The molecule has 0 spiro atoms. The lowest BCUT2D eigenvalue weighted by molar-refractivity contribution is 0.615. The van der Waals surface area contributed by atoms with Crippen LogP contribution in [0, 0.1) is 0 Å². The molecule has 0 aliphatic carbocycles. The van der Waals surface area contributed by atoms with E-state index in [0.717, 1.165) is 6.26 Å². The zero-order valence-corrected chi connectivity index (χ0v) is 4.68. The van der Waals surface area contributed by atoms with Gasteiger partial charge >= 0.3 is 0 Å². The smallest absolute Gasteiger partial charge is 0.229 e. The van der Waals surface area contributed by atoms with Crippen LogP contribution in [0.4, 0.5) is 0 Å². The lowest BCUT2D eigenvalue weighted by Gasteiger charge is -1.65. The summed E-state index contributed by atoms with van der Waals surface area (Å²) in [5, 5.41) is 0. The molecule has 0 bridgehead atoms. The van der Waals surface area contributed by atoms with Gasteiger partial charge in [0.15, 0.2) is 0 Å². The molecule has 0 unspecified atom stereocenters. The van der Waals surface area contributed by atoms with Gasteiger partial charge in [-0.3, -0.25) is 0 Å². The van der Waals surface area contributed by atoms with Crippen LogP contribution in [-0.2, 0) is 9.05 Å². The predicted octanol–water partition coefficient (Wildman–Crippen LogP) is -0.640. The lowest BCUT2D eigenvalue weighted by atomic mass is 12.0. The molecule has 0 fully saturated rings. The van der Waals surface area contributed by atoms with Crippen molar-refractivity contribution in [1.29, 1.82) is 0 Å². The summed E-state index contributed by atoms with van der Waals surface area (Å²) < 4.78 is 18.8. The molecule has 0 atom stereocenters. The minimum Gasteiger partial charge on any atom is -0.412 e. The maximum atomic E-state index is 9.40. The summed E-state index contributed by atoms with van der Waals surface area (Å²) in [5.41, 5.74) is 0. The fraction of sp³-hybridized carbons (Fsp3) is 1.00. The Morgan fingerprint density at radius 2 is 1.50 bits per heavy atom. The third kappa shape index (κ3) is 1080. The molecule has 5 heteroatoms. The average Bonchev–Trinajstić information content (AvgIpc) is 0.722. The highest BCUT2D eigenvalue weighted by atomic mass is 35.7. The van der Waals surface area contributed by atoms with E-state index in [-0.39, 0.29) is 5.48 Å². The first kappa shape index (κ1) is 9.50. The molecule has 0 aromatic carbocycles. The van der Waals surface area contributed by atoms with Gasteiger partial charge in [0.05, 0.1) is 6.26 Å². The number of halogens is 1. The van der Waals surface area contributed by atoms with Crippen LogP contribution >= 0.6 is 10.7 Å². The van der Waals surface area contributed by atoms with Gasteiger partial charge in [-0.05, 0) is 0 Å². The van der Waals surface area contributed by atoms with Crippen molar-refractivity contribution in [2.75, 3.05) is 6.26 Å². The van der Waals surface area contributed by atoms with Crippen molar-refractivity contribution in [2.24, 2.45) is 0 Å². The third-order valence-electron chi connectivity index (χ3n) is 0. The van der Waals surface area contributed by atoms with E-state index in [4.69, 9.17) is 0 Å². The van der Waals surface area contributed by atoms with Crippen molar-refractivity contribution in [1.82, 2.24) is 0 Å². The standard InChI is InChI=1S/CH3ClO2S.H2O/c1-5(2,3)4;/h1H3;1H2. The van der Waals surface area contributed by atoms with Crippen LogP contribution in [-0.4, -0.2) is 20.1 Å². The van der Waals surface area contributed by atoms with Gasteiger partial charge in [0.1, 0.15) is 0 Å². The summed E-state index contributed by atoms with van der Waals surface area (Å²) in [5.74, 6) is 0. The summed E-state index contributed by atoms with van der Waals surface area (Å²) in [4.78, 5) is 0. The molecule has 0 heterocycles. The molecule has 3 nitrogen and oxygen atoms in total. The van der Waals surface area contributed by atoms with E-state index >= 15 is 0 Å². The van der Waals surface area contributed by atoms with Crippen LogP contribution in [0.2, 0.25) is 0 Å². The summed E-state index contributed by atoms with van der Waals surface area (Å²) in [6.07, 6.45) is 0.925. The van der Waals surface area contributed by atoms with Crippen molar-refractivity contribution < 1.29 is 13.9 Å². The Kier molecular flexibility index (Phi) is 3.78. The molecule has 6 heavy (non-hydrogen) atoms. The van der Waals surface area contributed by atoms with Gasteiger partial charge in [-0.15, -0.1) is 0 Å². The summed E-state index contributed by atoms with van der Waals surface area (Å²) in [7, 11) is 1.31. The Hall–Kier alpha value is 0.200. The Bertz CT molecular complexity index is 94.0. The largest absolute Gasteiger partial charge is 0.412 e. The topological polar surface area (TPSA) is 65.6 Å². The molecule has 0 aliphatic rings. The van der Waals surface area contributed by atoms with Crippen LogP contribution in [0.1, 0.15) is 0 Å². The van der Waals surface area contributed by atoms with Crippen LogP contribution in [0.3, 0.4) is 0 Å². The van der Waals surface area contributed by atoms with E-state index in [1.54, 1.807) is 0 Å². The van der Waals surface area contributed by atoms with Crippen LogP contribution in [0.15, 0.2) is 0 Å². The molecule has 0 aromatic heterocycles. The van der Waals surface area contributed by atoms with Crippen molar-refractivity contribution in [3.63, 3.8) is 0 Å². The van der Waals surface area contributed by atoms with E-state index in [1.807, 2.05) is 0 Å². The predicted molar refractivity (Wildman–Crippen MR) is 24.3 cm³/mol. The number of hydrogen-bond donors (Lipinski definition) is 0. The van der Waals surface area contributed by atoms with Crippen molar-refractivity contribution in [3.05, 3.63) is 0 Å². The first-order valence-electron chi connectivity index (χ1n) is 0.896. The van der Waals surface area contributed by atoms with Gasteiger partial charge < -0.3 is 5.48 Å². The fourth-order valence-corrected chi connectivity index (χ4v) is 0. The summed E-state index contributed by atoms with van der Waals surface area (Å²) in [6.45, 7) is 0. The average molecular weight is 133 g/mol. The van der Waals surface area contributed by atoms with Crippen molar-refractivity contribution in [2.45, 2.75) is 0 Å². The zero-order valence-electron chi connectivity index (χ0n) is 3.10. The molecular weight excluding hydrogens is 128 g/mol. The minimum atomic E-state index is -3.19. The van der Waals surface area contributed by atoms with E-state index in [0.29, 0.717) is 0 Å². The van der Waals surface area contributed by atoms with Gasteiger partial charge in [-0.2, -0.15) is 0 Å². The Balaban J connectivity index is 0. The molecule has 0 saturated carbocycles. The molecule has 0 radical (unpaired) electrons. The first-order valence-corrected chi connectivity index (χ1v) is 3.61. The van der Waals surface area contributed by atoms with Crippen LogP contribution in [0.25, 0.3) is 0 Å². The molecule has 0 saturated heterocycles. The number of hydrogen-bond acceptors (Lipinski definition) is 2. The molecule has 0 amide bonds. The van der Waals surface area contributed by atoms with Crippen molar-refractivity contribution in [3.8, 4) is 0 Å². The fourth-order valence-electron chi connectivity index (χ4n) is 0. The Morgan fingerprint density at radius 1 is 1.50 bits per heavy atom. The third-order valence-corrected chi connectivity index (χ3v) is 0. The van der Waals surface area contributed by atoms with Gasteiger partial charge in [0.2, 0.25) is 9.05 Å². The SMILES string of the molecule is CS(=O)(=O)Cl.O. The Labute approximate surface area is 40.7 Å². The minimum absolute atomic E-state index is 0. The first-order chi connectivity index (χ1) is 2.00. The molecule has 0 aromatic rings. The Morgan fingerprint density at radius 3 is 1.50 bits per heavy atom. The van der Waals surface area contributed by atoms with Crippen molar-refractivity contribution >= 4 is 19.7 Å². The summed E-state index contributed by atoms with van der Waals surface area (Å²) >= 11 is 0. The monoisotopic (exact) mass is 132 g/mol. The van der Waals surface area contributed by atoms with E-state index < -0.39 is 9.05 Å². The van der Waals surface area contributed by atoms with Gasteiger partial charge in [-0.1, -0.05) is 0 Å². The highest BCUT2D eigenvalue weighted by molar-refractivity contribution is 8.13. The van der Waals surface area contributed by atoms with E-state index in [1.165, 1.54) is 0 Å². The molecule has 2 N–H and O–H groups in total. The second kappa shape index (κ2) is 2.39. The van der Waals surface area contributed by atoms with Gasteiger partial charge in [0.25, 0.3) is 0 Å². The van der Waals surface area contributed by atoms with E-state index in [9.17, 15) is 8.42 Å². The maximum absolute atomic E-state index is 9.40. The highest BCUT2D eigenvalue weighted by Gasteiger charge is 1.83. The quantitative estimate of drug-likeness (QED) is 0.412. The molecule has 0 rings (SSSR count). The normalized spacial score (nSPS) is 9.67. The lowest BCUT2D eigenvalue weighted by Crippen LogP contribution is -1.76. The van der Waals surface area contributed by atoms with Crippen LogP contribution < -0.4 is 0 Å². The zero-order chi connectivity index (χ0) is 4.50. The highest BCUT2D eigenvalue weighted by Crippen LogP contribution is 1.83. The second-order valence-corrected chi connectivity index (χ2v) is 3.73. The van der Waals surface area contributed by atoms with E-state index in [2.05, 4.69) is 10.7 Å². The van der Waals surface area contributed by atoms with Gasteiger partial charge in [-0.25, -0.2) is 8.42 Å². The second-order valence-electron chi connectivity index (χ2n) is 0.682. The molecular formula is CH5ClO3S. The summed E-state index contributed by atoms with van der Waals surface area (Å²) in [6, 6.07) is 0.